The van der Waals surface area contributed by atoms with Crippen molar-refractivity contribution in [2.45, 2.75) is 0 Å². The Kier molecular flexibility index (Phi) is 2.66. The van der Waals surface area contributed by atoms with Crippen molar-refractivity contribution in [1.82, 2.24) is 14.8 Å². The molecule has 1 radical (unpaired) electrons. The molecule has 0 aliphatic heterocycles. The summed E-state index contributed by atoms with van der Waals surface area (Å²) in [6.45, 7) is 0. The van der Waals surface area contributed by atoms with E-state index in [-0.39, 0.29) is 0 Å². The number of benzene rings is 2. The second-order valence-corrected chi connectivity index (χ2v) is 4.97. The SMILES string of the molecule is NC(=O)n1nc(-c2ccc3ccccc3c2)c2n[c]ccc21. The van der Waals surface area contributed by atoms with E-state index in [1.54, 1.807) is 12.1 Å². The van der Waals surface area contributed by atoms with E-state index >= 15 is 0 Å². The summed E-state index contributed by atoms with van der Waals surface area (Å²) in [5.74, 6) is 0. The predicted molar refractivity (Wildman–Crippen MR) is 84.3 cm³/mol. The maximum absolute atomic E-state index is 11.6. The van der Waals surface area contributed by atoms with Gasteiger partial charge in [0.05, 0.1) is 11.7 Å². The Balaban J connectivity index is 2.01. The maximum atomic E-state index is 11.6. The number of rotatable bonds is 1. The van der Waals surface area contributed by atoms with Gasteiger partial charge >= 0.3 is 6.03 Å². The molecule has 0 bridgehead atoms. The fourth-order valence-electron chi connectivity index (χ4n) is 2.60. The van der Waals surface area contributed by atoms with Gasteiger partial charge in [-0.05, 0) is 29.0 Å². The molecule has 0 saturated carbocycles. The van der Waals surface area contributed by atoms with E-state index in [2.05, 4.69) is 16.3 Å². The first-order valence-corrected chi connectivity index (χ1v) is 6.79. The van der Waals surface area contributed by atoms with Gasteiger partial charge in [-0.15, -0.1) is 0 Å². The van der Waals surface area contributed by atoms with Crippen LogP contribution in [0.3, 0.4) is 0 Å². The van der Waals surface area contributed by atoms with Crippen molar-refractivity contribution in [3.63, 3.8) is 0 Å². The number of pyridine rings is 1. The van der Waals surface area contributed by atoms with Gasteiger partial charge in [-0.1, -0.05) is 36.4 Å². The quantitative estimate of drug-likeness (QED) is 0.585. The topological polar surface area (TPSA) is 73.8 Å². The Bertz CT molecular complexity index is 1020. The summed E-state index contributed by atoms with van der Waals surface area (Å²) in [6.07, 6.45) is 2.78. The molecule has 0 saturated heterocycles. The molecule has 105 valence electrons. The van der Waals surface area contributed by atoms with Gasteiger partial charge in [0.1, 0.15) is 11.2 Å². The second kappa shape index (κ2) is 4.66. The molecular formula is C17H11N4O. The van der Waals surface area contributed by atoms with Crippen LogP contribution in [0.1, 0.15) is 0 Å². The van der Waals surface area contributed by atoms with Crippen LogP contribution in [0.2, 0.25) is 0 Å². The Hall–Kier alpha value is -3.21. The molecule has 0 atom stereocenters. The summed E-state index contributed by atoms with van der Waals surface area (Å²) in [7, 11) is 0. The van der Waals surface area contributed by atoms with E-state index in [1.165, 1.54) is 4.68 Å². The van der Waals surface area contributed by atoms with E-state index in [9.17, 15) is 4.79 Å². The third kappa shape index (κ3) is 1.83. The fourth-order valence-corrected chi connectivity index (χ4v) is 2.60. The van der Waals surface area contributed by atoms with Gasteiger partial charge in [0.2, 0.25) is 0 Å². The van der Waals surface area contributed by atoms with Gasteiger partial charge in [0.15, 0.2) is 0 Å². The van der Waals surface area contributed by atoms with Crippen molar-refractivity contribution < 1.29 is 4.79 Å². The normalized spacial score (nSPS) is 11.1. The fraction of sp³-hybridized carbons (Fsp3) is 0. The lowest BCUT2D eigenvalue weighted by molar-refractivity contribution is 0.248. The van der Waals surface area contributed by atoms with Crippen LogP contribution in [0.15, 0.2) is 54.6 Å². The highest BCUT2D eigenvalue weighted by Crippen LogP contribution is 2.28. The zero-order valence-corrected chi connectivity index (χ0v) is 11.5. The first kappa shape index (κ1) is 12.5. The van der Waals surface area contributed by atoms with E-state index < -0.39 is 6.03 Å². The molecule has 0 aliphatic carbocycles. The highest BCUT2D eigenvalue weighted by molar-refractivity contribution is 5.97. The Labute approximate surface area is 126 Å². The Morgan fingerprint density at radius 3 is 2.73 bits per heavy atom. The molecule has 0 unspecified atom stereocenters. The van der Waals surface area contributed by atoms with Crippen LogP contribution in [0.5, 0.6) is 0 Å². The van der Waals surface area contributed by atoms with Crippen molar-refractivity contribution in [1.29, 1.82) is 0 Å². The lowest BCUT2D eigenvalue weighted by Gasteiger charge is -2.01. The van der Waals surface area contributed by atoms with E-state index in [4.69, 9.17) is 5.73 Å². The van der Waals surface area contributed by atoms with Crippen LogP contribution in [-0.4, -0.2) is 20.8 Å². The molecule has 2 aromatic heterocycles. The summed E-state index contributed by atoms with van der Waals surface area (Å²) < 4.78 is 1.17. The van der Waals surface area contributed by atoms with Gasteiger partial charge in [0, 0.05) is 5.56 Å². The van der Waals surface area contributed by atoms with Crippen LogP contribution in [0, 0.1) is 6.20 Å². The minimum absolute atomic E-state index is 0.578. The van der Waals surface area contributed by atoms with Crippen molar-refractivity contribution in [3.05, 3.63) is 60.8 Å². The molecule has 0 fully saturated rings. The molecule has 22 heavy (non-hydrogen) atoms. The molecule has 1 amide bonds. The molecule has 2 aromatic carbocycles. The summed E-state index contributed by atoms with van der Waals surface area (Å²) in [4.78, 5) is 15.8. The van der Waals surface area contributed by atoms with Crippen molar-refractivity contribution >= 4 is 27.8 Å². The van der Waals surface area contributed by atoms with Crippen LogP contribution >= 0.6 is 0 Å². The molecule has 5 heteroatoms. The number of hydrogen-bond donors (Lipinski definition) is 1. The Morgan fingerprint density at radius 2 is 1.91 bits per heavy atom. The lowest BCUT2D eigenvalue weighted by Crippen LogP contribution is -2.20. The highest BCUT2D eigenvalue weighted by Gasteiger charge is 2.16. The summed E-state index contributed by atoms with van der Waals surface area (Å²) in [6, 6.07) is 16.8. The monoisotopic (exact) mass is 287 g/mol. The number of aromatic nitrogens is 3. The second-order valence-electron chi connectivity index (χ2n) is 4.97. The van der Waals surface area contributed by atoms with Crippen molar-refractivity contribution in [2.24, 2.45) is 5.73 Å². The smallest absolute Gasteiger partial charge is 0.340 e. The lowest BCUT2D eigenvalue weighted by atomic mass is 10.0. The van der Waals surface area contributed by atoms with E-state index in [0.717, 1.165) is 16.3 Å². The first-order valence-electron chi connectivity index (χ1n) is 6.79. The predicted octanol–water partition coefficient (Wildman–Crippen LogP) is 2.98. The van der Waals surface area contributed by atoms with Gasteiger partial charge in [-0.2, -0.15) is 9.78 Å². The largest absolute Gasteiger partial charge is 0.350 e. The Morgan fingerprint density at radius 1 is 1.09 bits per heavy atom. The van der Waals surface area contributed by atoms with Gasteiger partial charge < -0.3 is 5.73 Å². The highest BCUT2D eigenvalue weighted by atomic mass is 16.2. The summed E-state index contributed by atoms with van der Waals surface area (Å²) in [5.41, 5.74) is 8.08. The summed E-state index contributed by atoms with van der Waals surface area (Å²) >= 11 is 0. The average molecular weight is 287 g/mol. The number of carbonyl (C=O) groups excluding carboxylic acids is 1. The first-order chi connectivity index (χ1) is 10.7. The number of carbonyl (C=O) groups is 1. The zero-order valence-electron chi connectivity index (χ0n) is 11.5. The molecule has 0 spiro atoms. The molecule has 2 heterocycles. The van der Waals surface area contributed by atoms with Crippen molar-refractivity contribution in [2.75, 3.05) is 0 Å². The number of fused-ring (bicyclic) bond motifs is 2. The number of primary amides is 1. The van der Waals surface area contributed by atoms with Gasteiger partial charge in [-0.25, -0.2) is 9.78 Å². The molecule has 4 rings (SSSR count). The third-order valence-electron chi connectivity index (χ3n) is 3.62. The summed E-state index contributed by atoms with van der Waals surface area (Å²) in [5, 5.41) is 6.57. The third-order valence-corrected chi connectivity index (χ3v) is 3.62. The minimum Gasteiger partial charge on any atom is -0.350 e. The number of amides is 1. The van der Waals surface area contributed by atoms with E-state index in [1.807, 2.05) is 42.5 Å². The molecule has 0 aliphatic rings. The molecular weight excluding hydrogens is 276 g/mol. The maximum Gasteiger partial charge on any atom is 0.340 e. The van der Waals surface area contributed by atoms with Crippen LogP contribution < -0.4 is 5.73 Å². The van der Waals surface area contributed by atoms with Gasteiger partial charge in [-0.3, -0.25) is 0 Å². The van der Waals surface area contributed by atoms with Crippen LogP contribution in [-0.2, 0) is 0 Å². The molecule has 5 nitrogen and oxygen atoms in total. The number of hydrogen-bond acceptors (Lipinski definition) is 3. The standard InChI is InChI=1S/C17H11N4O/c18-17(22)21-14-6-3-9-19-16(14)15(20-21)13-8-7-11-4-1-2-5-12(11)10-13/h1-8,10H,(H2,18,22). The zero-order chi connectivity index (χ0) is 15.1. The van der Waals surface area contributed by atoms with E-state index in [0.29, 0.717) is 16.7 Å². The molecule has 4 aromatic rings. The molecule has 2 N–H and O–H groups in total. The average Bonchev–Trinajstić information content (AvgIpc) is 2.94. The number of nitrogens with zero attached hydrogens (tertiary/aromatic N) is 3. The van der Waals surface area contributed by atoms with Gasteiger partial charge in [0.25, 0.3) is 0 Å². The van der Waals surface area contributed by atoms with Crippen LogP contribution in [0.4, 0.5) is 4.79 Å². The van der Waals surface area contributed by atoms with Crippen molar-refractivity contribution in [3.8, 4) is 11.3 Å². The van der Waals surface area contributed by atoms with Crippen LogP contribution in [0.25, 0.3) is 33.1 Å². The number of nitrogens with two attached hydrogens (primary N) is 1. The minimum atomic E-state index is -0.634.